The fourth-order valence-electron chi connectivity index (χ4n) is 4.51. The van der Waals surface area contributed by atoms with Gasteiger partial charge in [0.05, 0.1) is 35.0 Å². The van der Waals surface area contributed by atoms with Crippen LogP contribution in [0.3, 0.4) is 0 Å². The predicted octanol–water partition coefficient (Wildman–Crippen LogP) is 6.09. The summed E-state index contributed by atoms with van der Waals surface area (Å²) in [5.74, 6) is 0.0390. The topological polar surface area (TPSA) is 103 Å². The molecule has 0 atom stereocenters. The summed E-state index contributed by atoms with van der Waals surface area (Å²) >= 11 is 7.63. The molecule has 4 heterocycles. The Bertz CT molecular complexity index is 1810. The van der Waals surface area contributed by atoms with Gasteiger partial charge >= 0.3 is 0 Å². The van der Waals surface area contributed by atoms with E-state index in [9.17, 15) is 14.4 Å². The Hall–Kier alpha value is -4.41. The maximum atomic E-state index is 13.6. The number of thiophene rings is 1. The minimum atomic E-state index is -0.713. The average molecular weight is 601 g/mol. The maximum Gasteiger partial charge on any atom is 0.254 e. The van der Waals surface area contributed by atoms with Gasteiger partial charge in [0.15, 0.2) is 0 Å². The van der Waals surface area contributed by atoms with E-state index in [0.29, 0.717) is 33.7 Å². The van der Waals surface area contributed by atoms with Crippen molar-refractivity contribution in [1.82, 2.24) is 24.3 Å². The van der Waals surface area contributed by atoms with Crippen LogP contribution in [0, 0.1) is 5.41 Å². The van der Waals surface area contributed by atoms with E-state index in [0.717, 1.165) is 10.4 Å². The zero-order chi connectivity index (χ0) is 30.0. The molecule has 0 saturated heterocycles. The van der Waals surface area contributed by atoms with Crippen molar-refractivity contribution in [2.45, 2.75) is 33.9 Å². The third-order valence-electron chi connectivity index (χ3n) is 6.59. The fraction of sp³-hybridized carbons (Fsp3) is 0.226. The highest BCUT2D eigenvalue weighted by molar-refractivity contribution is 7.16. The molecule has 0 aliphatic heterocycles. The van der Waals surface area contributed by atoms with Crippen LogP contribution in [0.15, 0.2) is 84.0 Å². The minimum Gasteiger partial charge on any atom is -0.354 e. The standard InChI is InChI=1S/C31H29ClN6O3S/c1-31(2,3)30(41)38-27(36(4)18-21-10-12-26(32)42-21)16-23(35-38)22-11-13-28(40)37(29(22)20-8-6-5-7-9-20)19-25(39)24-17-33-14-15-34-24/h5-17H,18-19H2,1-4H3. The van der Waals surface area contributed by atoms with Gasteiger partial charge in [-0.25, -0.2) is 4.98 Å². The Kier molecular flexibility index (Phi) is 8.20. The number of hydrogen-bond acceptors (Lipinski definition) is 8. The first kappa shape index (κ1) is 29.1. The van der Waals surface area contributed by atoms with Gasteiger partial charge in [0.2, 0.25) is 5.78 Å². The number of hydrogen-bond donors (Lipinski definition) is 0. The third kappa shape index (κ3) is 6.09. The second-order valence-corrected chi connectivity index (χ2v) is 12.6. The molecule has 5 rings (SSSR count). The van der Waals surface area contributed by atoms with E-state index >= 15 is 0 Å². The highest BCUT2D eigenvalue weighted by Gasteiger charge is 2.29. The number of nitrogens with zero attached hydrogens (tertiary/aromatic N) is 6. The molecule has 11 heteroatoms. The molecule has 42 heavy (non-hydrogen) atoms. The minimum absolute atomic E-state index is 0.159. The van der Waals surface area contributed by atoms with E-state index in [1.54, 1.807) is 6.07 Å². The molecule has 5 aromatic rings. The monoisotopic (exact) mass is 600 g/mol. The second kappa shape index (κ2) is 11.8. The van der Waals surface area contributed by atoms with Crippen molar-refractivity contribution in [3.63, 3.8) is 0 Å². The first-order chi connectivity index (χ1) is 20.0. The molecule has 0 fully saturated rings. The van der Waals surface area contributed by atoms with E-state index in [1.807, 2.05) is 81.2 Å². The van der Waals surface area contributed by atoms with Crippen LogP contribution < -0.4 is 10.5 Å². The van der Waals surface area contributed by atoms with Crippen LogP contribution in [0.1, 0.15) is 40.9 Å². The maximum absolute atomic E-state index is 13.6. The second-order valence-electron chi connectivity index (χ2n) is 10.8. The van der Waals surface area contributed by atoms with Gasteiger partial charge in [0.1, 0.15) is 11.5 Å². The Morgan fingerprint density at radius 2 is 1.79 bits per heavy atom. The lowest BCUT2D eigenvalue weighted by molar-refractivity contribution is 0.0751. The number of rotatable bonds is 8. The molecule has 1 aromatic carbocycles. The highest BCUT2D eigenvalue weighted by Crippen LogP contribution is 2.34. The van der Waals surface area contributed by atoms with E-state index in [2.05, 4.69) is 9.97 Å². The lowest BCUT2D eigenvalue weighted by Gasteiger charge is -2.22. The van der Waals surface area contributed by atoms with Gasteiger partial charge in [-0.3, -0.25) is 23.9 Å². The molecule has 0 radical (unpaired) electrons. The van der Waals surface area contributed by atoms with Crippen LogP contribution in [-0.4, -0.2) is 43.1 Å². The van der Waals surface area contributed by atoms with Gasteiger partial charge in [-0.15, -0.1) is 11.3 Å². The molecule has 0 aliphatic rings. The van der Waals surface area contributed by atoms with Crippen LogP contribution in [0.5, 0.6) is 0 Å². The van der Waals surface area contributed by atoms with Gasteiger partial charge < -0.3 is 4.90 Å². The van der Waals surface area contributed by atoms with E-state index < -0.39 is 5.41 Å². The summed E-state index contributed by atoms with van der Waals surface area (Å²) in [6, 6.07) is 18.1. The van der Waals surface area contributed by atoms with Crippen LogP contribution >= 0.6 is 22.9 Å². The summed E-state index contributed by atoms with van der Waals surface area (Å²) in [4.78, 5) is 51.1. The number of benzene rings is 1. The number of anilines is 1. The summed E-state index contributed by atoms with van der Waals surface area (Å²) in [6.07, 6.45) is 4.30. The number of Topliss-reactive ketones (excluding diaryl/α,β-unsaturated/α-hetero) is 1. The Balaban J connectivity index is 1.67. The van der Waals surface area contributed by atoms with Crippen LogP contribution in [0.2, 0.25) is 4.34 Å². The van der Waals surface area contributed by atoms with E-state index in [1.165, 1.54) is 45.2 Å². The highest BCUT2D eigenvalue weighted by atomic mass is 35.5. The van der Waals surface area contributed by atoms with Crippen molar-refractivity contribution in [3.8, 4) is 22.5 Å². The average Bonchev–Trinajstić information content (AvgIpc) is 3.60. The Morgan fingerprint density at radius 3 is 2.43 bits per heavy atom. The fourth-order valence-corrected chi connectivity index (χ4v) is 5.65. The summed E-state index contributed by atoms with van der Waals surface area (Å²) in [7, 11) is 1.89. The molecular formula is C31H29ClN6O3S. The van der Waals surface area contributed by atoms with Gasteiger partial charge in [-0.2, -0.15) is 9.78 Å². The quantitative estimate of drug-likeness (QED) is 0.199. The summed E-state index contributed by atoms with van der Waals surface area (Å²) < 4.78 is 3.52. The lowest BCUT2D eigenvalue weighted by Crippen LogP contribution is -2.31. The first-order valence-corrected chi connectivity index (χ1v) is 14.4. The van der Waals surface area contributed by atoms with Gasteiger partial charge in [0.25, 0.3) is 11.5 Å². The van der Waals surface area contributed by atoms with Crippen molar-refractivity contribution < 1.29 is 9.59 Å². The molecule has 0 spiro atoms. The number of pyridine rings is 1. The number of carbonyl (C=O) groups excluding carboxylic acids is 2. The predicted molar refractivity (Wildman–Crippen MR) is 165 cm³/mol. The summed E-state index contributed by atoms with van der Waals surface area (Å²) in [6.45, 7) is 5.79. The van der Waals surface area contributed by atoms with Gasteiger partial charge in [-0.05, 0) is 23.8 Å². The van der Waals surface area contributed by atoms with E-state index in [4.69, 9.17) is 16.7 Å². The van der Waals surface area contributed by atoms with Crippen molar-refractivity contribution in [1.29, 1.82) is 0 Å². The number of aromatic nitrogens is 5. The summed E-state index contributed by atoms with van der Waals surface area (Å²) in [5, 5.41) is 4.79. The molecule has 0 N–H and O–H groups in total. The number of halogens is 1. The molecule has 0 bridgehead atoms. The van der Waals surface area contributed by atoms with Crippen molar-refractivity contribution in [2.24, 2.45) is 5.41 Å². The first-order valence-electron chi connectivity index (χ1n) is 13.2. The van der Waals surface area contributed by atoms with Crippen LogP contribution in [0.25, 0.3) is 22.5 Å². The molecule has 214 valence electrons. The Labute approximate surface area is 252 Å². The van der Waals surface area contributed by atoms with Crippen molar-refractivity contribution in [3.05, 3.63) is 105 Å². The van der Waals surface area contributed by atoms with Gasteiger partial charge in [0, 0.05) is 47.4 Å². The molecule has 0 aliphatic carbocycles. The van der Waals surface area contributed by atoms with Crippen LogP contribution in [0.4, 0.5) is 5.82 Å². The zero-order valence-electron chi connectivity index (χ0n) is 23.6. The largest absolute Gasteiger partial charge is 0.354 e. The number of ketones is 1. The number of carbonyl (C=O) groups is 2. The Morgan fingerprint density at radius 1 is 1.02 bits per heavy atom. The van der Waals surface area contributed by atoms with Gasteiger partial charge in [-0.1, -0.05) is 62.7 Å². The molecule has 9 nitrogen and oxygen atoms in total. The van der Waals surface area contributed by atoms with E-state index in [-0.39, 0.29) is 29.5 Å². The van der Waals surface area contributed by atoms with Crippen molar-refractivity contribution in [2.75, 3.05) is 11.9 Å². The van der Waals surface area contributed by atoms with Crippen molar-refractivity contribution >= 4 is 40.4 Å². The molecule has 0 amide bonds. The molecule has 0 unspecified atom stereocenters. The van der Waals surface area contributed by atoms with Crippen LogP contribution in [-0.2, 0) is 13.1 Å². The normalized spacial score (nSPS) is 11.5. The smallest absolute Gasteiger partial charge is 0.254 e. The SMILES string of the molecule is CN(Cc1ccc(Cl)s1)c1cc(-c2ccc(=O)n(CC(=O)c3cnccn3)c2-c2ccccc2)nn1C(=O)C(C)(C)C. The molecule has 0 saturated carbocycles. The third-order valence-corrected chi connectivity index (χ3v) is 7.81. The zero-order valence-corrected chi connectivity index (χ0v) is 25.2. The molecular weight excluding hydrogens is 572 g/mol. The lowest BCUT2D eigenvalue weighted by atomic mass is 9.96. The summed E-state index contributed by atoms with van der Waals surface area (Å²) in [5.41, 5.74) is 1.40. The molecule has 4 aromatic heterocycles.